The van der Waals surface area contributed by atoms with Crippen LogP contribution in [0, 0.1) is 6.92 Å². The molecule has 0 heterocycles. The average Bonchev–Trinajstić information content (AvgIpc) is 3.47. The van der Waals surface area contributed by atoms with Crippen molar-refractivity contribution in [3.05, 3.63) is 94.0 Å². The maximum absolute atomic E-state index is 14.2. The van der Waals surface area contributed by atoms with Gasteiger partial charge in [-0.3, -0.25) is 13.9 Å². The molecule has 1 atom stereocenters. The van der Waals surface area contributed by atoms with Gasteiger partial charge in [0.1, 0.15) is 12.6 Å². The molecule has 0 unspecified atom stereocenters. The Morgan fingerprint density at radius 3 is 2.29 bits per heavy atom. The van der Waals surface area contributed by atoms with Crippen molar-refractivity contribution in [2.75, 3.05) is 10.8 Å². The Balaban J connectivity index is 1.75. The number of anilines is 1. The molecule has 1 aliphatic carbocycles. The van der Waals surface area contributed by atoms with E-state index in [-0.39, 0.29) is 29.1 Å². The van der Waals surface area contributed by atoms with Gasteiger partial charge in [-0.2, -0.15) is 0 Å². The lowest BCUT2D eigenvalue weighted by atomic mass is 10.1. The lowest BCUT2D eigenvalue weighted by Crippen LogP contribution is -2.53. The third kappa shape index (κ3) is 7.42. The van der Waals surface area contributed by atoms with Gasteiger partial charge in [-0.25, -0.2) is 8.42 Å². The molecule has 1 saturated carbocycles. The molecule has 3 aromatic carbocycles. The molecule has 3 aromatic rings. The zero-order chi connectivity index (χ0) is 29.6. The number of rotatable bonds is 11. The van der Waals surface area contributed by atoms with Gasteiger partial charge >= 0.3 is 0 Å². The van der Waals surface area contributed by atoms with Crippen LogP contribution in [0.2, 0.25) is 10.0 Å². The molecule has 0 bridgehead atoms. The number of sulfonamides is 1. The first-order valence-corrected chi connectivity index (χ1v) is 16.0. The number of benzene rings is 3. The molecule has 7 nitrogen and oxygen atoms in total. The molecule has 0 spiro atoms. The SMILES string of the molecule is CC[C@H](C(=O)NC1CCCC1)N(Cc1ccccc1Cl)C(=O)CN(c1cc(Cl)ccc1C)S(=O)(=O)c1ccccc1. The van der Waals surface area contributed by atoms with E-state index in [2.05, 4.69) is 5.32 Å². The summed E-state index contributed by atoms with van der Waals surface area (Å²) in [5.74, 6) is -0.784. The quantitative estimate of drug-likeness (QED) is 0.272. The van der Waals surface area contributed by atoms with E-state index < -0.39 is 28.5 Å². The molecule has 0 radical (unpaired) electrons. The van der Waals surface area contributed by atoms with E-state index in [1.165, 1.54) is 23.1 Å². The highest BCUT2D eigenvalue weighted by molar-refractivity contribution is 7.92. The highest BCUT2D eigenvalue weighted by atomic mass is 35.5. The van der Waals surface area contributed by atoms with Crippen LogP contribution in [-0.4, -0.2) is 43.8 Å². The standard InChI is InChI=1S/C31H35Cl2N3O4S/c1-3-28(31(38)34-25-12-8-9-13-25)35(20-23-11-7-10-16-27(23)33)30(37)21-36(29-19-24(32)18-17-22(29)2)41(39,40)26-14-5-4-6-15-26/h4-7,10-11,14-19,25,28H,3,8-9,12-13,20-21H2,1-2H3,(H,34,38)/t28-/m1/s1. The molecular weight excluding hydrogens is 581 g/mol. The maximum atomic E-state index is 14.2. The number of halogens is 2. The zero-order valence-corrected chi connectivity index (χ0v) is 25.6. The molecule has 1 N–H and O–H groups in total. The molecule has 1 fully saturated rings. The summed E-state index contributed by atoms with van der Waals surface area (Å²) >= 11 is 12.8. The summed E-state index contributed by atoms with van der Waals surface area (Å²) in [4.78, 5) is 29.2. The van der Waals surface area contributed by atoms with Crippen LogP contribution in [0.4, 0.5) is 5.69 Å². The van der Waals surface area contributed by atoms with Crippen LogP contribution in [0.5, 0.6) is 0 Å². The lowest BCUT2D eigenvalue weighted by molar-refractivity contribution is -0.140. The fraction of sp³-hybridized carbons (Fsp3) is 0.355. The largest absolute Gasteiger partial charge is 0.352 e. The normalized spacial score (nSPS) is 14.4. The van der Waals surface area contributed by atoms with Crippen LogP contribution >= 0.6 is 23.2 Å². The number of nitrogens with one attached hydrogen (secondary N) is 1. The van der Waals surface area contributed by atoms with Crippen molar-refractivity contribution in [1.29, 1.82) is 0 Å². The molecule has 218 valence electrons. The first kappa shape index (κ1) is 30.9. The Hall–Kier alpha value is -3.07. The summed E-state index contributed by atoms with van der Waals surface area (Å²) in [6.07, 6.45) is 4.25. The number of aryl methyl sites for hydroxylation is 1. The average molecular weight is 617 g/mol. The summed E-state index contributed by atoms with van der Waals surface area (Å²) in [6, 6.07) is 19.2. The van der Waals surface area contributed by atoms with Crippen molar-refractivity contribution in [3.8, 4) is 0 Å². The summed E-state index contributed by atoms with van der Waals surface area (Å²) < 4.78 is 29.0. The van der Waals surface area contributed by atoms with E-state index in [0.717, 1.165) is 30.0 Å². The molecule has 10 heteroatoms. The fourth-order valence-electron chi connectivity index (χ4n) is 5.18. The summed E-state index contributed by atoms with van der Waals surface area (Å²) in [5.41, 5.74) is 1.58. The van der Waals surface area contributed by atoms with E-state index in [1.807, 2.05) is 13.0 Å². The minimum Gasteiger partial charge on any atom is -0.352 e. The van der Waals surface area contributed by atoms with Crippen molar-refractivity contribution >= 4 is 50.7 Å². The first-order chi connectivity index (χ1) is 19.6. The number of carbonyl (C=O) groups excluding carboxylic acids is 2. The van der Waals surface area contributed by atoms with Gasteiger partial charge in [0.05, 0.1) is 10.6 Å². The van der Waals surface area contributed by atoms with Gasteiger partial charge in [0.15, 0.2) is 0 Å². The summed E-state index contributed by atoms with van der Waals surface area (Å²) in [5, 5.41) is 3.90. The Bertz CT molecular complexity index is 1480. The second kappa shape index (κ2) is 13.7. The molecule has 2 amide bonds. The van der Waals surface area contributed by atoms with E-state index >= 15 is 0 Å². The minimum atomic E-state index is -4.17. The van der Waals surface area contributed by atoms with Gasteiger partial charge in [-0.05, 0) is 67.6 Å². The number of hydrogen-bond acceptors (Lipinski definition) is 4. The van der Waals surface area contributed by atoms with Crippen LogP contribution in [0.1, 0.15) is 50.2 Å². The first-order valence-electron chi connectivity index (χ1n) is 13.8. The fourth-order valence-corrected chi connectivity index (χ4v) is 7.03. The Morgan fingerprint density at radius 1 is 0.976 bits per heavy atom. The molecule has 0 saturated heterocycles. The number of nitrogens with zero attached hydrogens (tertiary/aromatic N) is 2. The van der Waals surface area contributed by atoms with Crippen molar-refractivity contribution in [2.45, 2.75) is 69.5 Å². The highest BCUT2D eigenvalue weighted by Crippen LogP contribution is 2.30. The third-order valence-corrected chi connectivity index (χ3v) is 9.81. The van der Waals surface area contributed by atoms with E-state index in [9.17, 15) is 18.0 Å². The number of hydrogen-bond donors (Lipinski definition) is 1. The molecule has 1 aliphatic rings. The van der Waals surface area contributed by atoms with Gasteiger partial charge in [0, 0.05) is 22.6 Å². The van der Waals surface area contributed by atoms with Gasteiger partial charge < -0.3 is 10.2 Å². The lowest BCUT2D eigenvalue weighted by Gasteiger charge is -2.34. The van der Waals surface area contributed by atoms with Crippen LogP contribution in [0.25, 0.3) is 0 Å². The Labute approximate surface area is 252 Å². The number of amides is 2. The number of carbonyl (C=O) groups is 2. The van der Waals surface area contributed by atoms with Crippen molar-refractivity contribution in [3.63, 3.8) is 0 Å². The molecule has 4 rings (SSSR count). The second-order valence-corrected chi connectivity index (χ2v) is 13.0. The maximum Gasteiger partial charge on any atom is 0.264 e. The predicted octanol–water partition coefficient (Wildman–Crippen LogP) is 6.36. The second-order valence-electron chi connectivity index (χ2n) is 10.3. The third-order valence-electron chi connectivity index (χ3n) is 7.44. The molecular formula is C31H35Cl2N3O4S. The molecule has 0 aromatic heterocycles. The van der Waals surface area contributed by atoms with Gasteiger partial charge in [-0.1, -0.05) is 85.4 Å². The zero-order valence-electron chi connectivity index (χ0n) is 23.2. The van der Waals surface area contributed by atoms with E-state index in [1.54, 1.807) is 55.5 Å². The van der Waals surface area contributed by atoms with Gasteiger partial charge in [0.2, 0.25) is 11.8 Å². The Morgan fingerprint density at radius 2 is 1.63 bits per heavy atom. The topological polar surface area (TPSA) is 86.8 Å². The van der Waals surface area contributed by atoms with Crippen molar-refractivity contribution in [2.24, 2.45) is 0 Å². The van der Waals surface area contributed by atoms with E-state index in [4.69, 9.17) is 23.2 Å². The minimum absolute atomic E-state index is 0.0378. The monoisotopic (exact) mass is 615 g/mol. The van der Waals surface area contributed by atoms with Crippen LogP contribution in [0.3, 0.4) is 0 Å². The van der Waals surface area contributed by atoms with Gasteiger partial charge in [-0.15, -0.1) is 0 Å². The smallest absolute Gasteiger partial charge is 0.264 e. The van der Waals surface area contributed by atoms with Crippen molar-refractivity contribution in [1.82, 2.24) is 10.2 Å². The summed E-state index contributed by atoms with van der Waals surface area (Å²) in [6.45, 7) is 3.11. The van der Waals surface area contributed by atoms with Crippen molar-refractivity contribution < 1.29 is 18.0 Å². The molecule has 41 heavy (non-hydrogen) atoms. The van der Waals surface area contributed by atoms with Crippen LogP contribution in [-0.2, 0) is 26.2 Å². The molecule has 0 aliphatic heterocycles. The van der Waals surface area contributed by atoms with Gasteiger partial charge in [0.25, 0.3) is 10.0 Å². The van der Waals surface area contributed by atoms with Crippen LogP contribution in [0.15, 0.2) is 77.7 Å². The van der Waals surface area contributed by atoms with E-state index in [0.29, 0.717) is 27.6 Å². The Kier molecular flexibility index (Phi) is 10.3. The van der Waals surface area contributed by atoms with Crippen LogP contribution < -0.4 is 9.62 Å². The predicted molar refractivity (Wildman–Crippen MR) is 164 cm³/mol. The summed E-state index contributed by atoms with van der Waals surface area (Å²) in [7, 11) is -4.17. The highest BCUT2D eigenvalue weighted by Gasteiger charge is 2.35.